The van der Waals surface area contributed by atoms with Gasteiger partial charge in [-0.1, -0.05) is 24.1 Å². The Morgan fingerprint density at radius 2 is 2.28 bits per heavy atom. The Kier molecular flexibility index (Phi) is 5.75. The molecular formula is C14H18N2O2. The van der Waals surface area contributed by atoms with Gasteiger partial charge in [0.15, 0.2) is 0 Å². The van der Waals surface area contributed by atoms with Gasteiger partial charge >= 0.3 is 0 Å². The van der Waals surface area contributed by atoms with E-state index in [2.05, 4.69) is 11.2 Å². The molecule has 0 aliphatic carbocycles. The summed E-state index contributed by atoms with van der Waals surface area (Å²) in [6, 6.07) is 7.67. The molecule has 1 aromatic rings. The second kappa shape index (κ2) is 7.36. The lowest BCUT2D eigenvalue weighted by Gasteiger charge is -2.14. The van der Waals surface area contributed by atoms with Crippen molar-refractivity contribution in [2.75, 3.05) is 6.61 Å². The summed E-state index contributed by atoms with van der Waals surface area (Å²) in [6.07, 6.45) is 5.47. The molecule has 0 aliphatic rings. The van der Waals surface area contributed by atoms with Crippen molar-refractivity contribution in [2.24, 2.45) is 5.73 Å². The number of nitrogens with one attached hydrogen (secondary N) is 1. The molecule has 1 unspecified atom stereocenters. The molecule has 18 heavy (non-hydrogen) atoms. The van der Waals surface area contributed by atoms with E-state index in [1.807, 2.05) is 31.2 Å². The van der Waals surface area contributed by atoms with Gasteiger partial charge in [-0.25, -0.2) is 0 Å². The molecule has 0 saturated carbocycles. The van der Waals surface area contributed by atoms with Crippen LogP contribution in [0.25, 0.3) is 0 Å². The molecule has 1 atom stereocenters. The van der Waals surface area contributed by atoms with Crippen LogP contribution in [0.3, 0.4) is 0 Å². The zero-order valence-electron chi connectivity index (χ0n) is 10.5. The third-order valence-corrected chi connectivity index (χ3v) is 2.43. The maximum atomic E-state index is 10.8. The number of terminal acetylenes is 1. The van der Waals surface area contributed by atoms with E-state index in [0.29, 0.717) is 13.0 Å². The number of para-hydroxylation sites is 1. The van der Waals surface area contributed by atoms with Crippen molar-refractivity contribution in [1.29, 1.82) is 0 Å². The van der Waals surface area contributed by atoms with E-state index in [-0.39, 0.29) is 18.6 Å². The van der Waals surface area contributed by atoms with E-state index in [4.69, 9.17) is 16.9 Å². The lowest BCUT2D eigenvalue weighted by atomic mass is 10.1. The van der Waals surface area contributed by atoms with Crippen molar-refractivity contribution in [2.45, 2.75) is 25.9 Å². The van der Waals surface area contributed by atoms with Crippen LogP contribution in [0.15, 0.2) is 24.3 Å². The molecule has 3 N–H and O–H groups in total. The van der Waals surface area contributed by atoms with Gasteiger partial charge in [-0.3, -0.25) is 4.79 Å². The number of nitrogens with two attached hydrogens (primary N) is 1. The van der Waals surface area contributed by atoms with Crippen LogP contribution in [-0.4, -0.2) is 18.6 Å². The van der Waals surface area contributed by atoms with E-state index < -0.39 is 0 Å². The number of hydrogen-bond donors (Lipinski definition) is 2. The average molecular weight is 246 g/mol. The van der Waals surface area contributed by atoms with E-state index in [1.54, 1.807) is 0 Å². The fourth-order valence-corrected chi connectivity index (χ4v) is 1.57. The van der Waals surface area contributed by atoms with Crippen LogP contribution < -0.4 is 15.8 Å². The molecule has 0 saturated heterocycles. The Hall–Kier alpha value is -1.99. The summed E-state index contributed by atoms with van der Waals surface area (Å²) in [4.78, 5) is 10.8. The van der Waals surface area contributed by atoms with Crippen molar-refractivity contribution in [3.05, 3.63) is 29.8 Å². The lowest BCUT2D eigenvalue weighted by molar-refractivity contribution is -0.118. The van der Waals surface area contributed by atoms with Crippen LogP contribution in [0.1, 0.15) is 18.9 Å². The molecule has 0 bridgehead atoms. The SMILES string of the molecule is C#CCOc1ccccc1CNC(C)CC(N)=O. The van der Waals surface area contributed by atoms with Gasteiger partial charge in [-0.15, -0.1) is 6.42 Å². The van der Waals surface area contributed by atoms with Crippen molar-refractivity contribution in [3.8, 4) is 18.1 Å². The number of primary amides is 1. The Morgan fingerprint density at radius 3 is 2.94 bits per heavy atom. The van der Waals surface area contributed by atoms with Crippen LogP contribution in [0.2, 0.25) is 0 Å². The number of rotatable bonds is 7. The van der Waals surface area contributed by atoms with Gasteiger partial charge < -0.3 is 15.8 Å². The molecule has 0 spiro atoms. The molecule has 1 amide bonds. The van der Waals surface area contributed by atoms with Gasteiger partial charge in [0.1, 0.15) is 12.4 Å². The molecule has 1 aromatic carbocycles. The number of carbonyl (C=O) groups excluding carboxylic acids is 1. The number of carbonyl (C=O) groups is 1. The van der Waals surface area contributed by atoms with Crippen LogP contribution in [0.4, 0.5) is 0 Å². The maximum absolute atomic E-state index is 10.8. The Balaban J connectivity index is 2.56. The summed E-state index contributed by atoms with van der Waals surface area (Å²) in [7, 11) is 0. The first-order valence-corrected chi connectivity index (χ1v) is 5.79. The highest BCUT2D eigenvalue weighted by molar-refractivity contribution is 5.74. The molecule has 0 aliphatic heterocycles. The van der Waals surface area contributed by atoms with Crippen molar-refractivity contribution in [3.63, 3.8) is 0 Å². The third kappa shape index (κ3) is 4.89. The summed E-state index contributed by atoms with van der Waals surface area (Å²) in [6.45, 7) is 2.76. The molecule has 0 radical (unpaired) electrons. The minimum atomic E-state index is -0.313. The topological polar surface area (TPSA) is 64.3 Å². The van der Waals surface area contributed by atoms with E-state index >= 15 is 0 Å². The van der Waals surface area contributed by atoms with Gasteiger partial charge in [0.25, 0.3) is 0 Å². The third-order valence-electron chi connectivity index (χ3n) is 2.43. The Bertz CT molecular complexity index is 438. The number of ether oxygens (including phenoxy) is 1. The minimum absolute atomic E-state index is 0.0307. The lowest BCUT2D eigenvalue weighted by Crippen LogP contribution is -2.30. The Labute approximate surface area is 108 Å². The fourth-order valence-electron chi connectivity index (χ4n) is 1.57. The van der Waals surface area contributed by atoms with Crippen molar-refractivity contribution < 1.29 is 9.53 Å². The highest BCUT2D eigenvalue weighted by Crippen LogP contribution is 2.17. The van der Waals surface area contributed by atoms with Crippen molar-refractivity contribution >= 4 is 5.91 Å². The number of amides is 1. The second-order valence-electron chi connectivity index (χ2n) is 4.05. The zero-order chi connectivity index (χ0) is 13.4. The summed E-state index contributed by atoms with van der Waals surface area (Å²) in [5.41, 5.74) is 6.14. The fraction of sp³-hybridized carbons (Fsp3) is 0.357. The molecule has 0 fully saturated rings. The summed E-state index contributed by atoms with van der Waals surface area (Å²) in [5.74, 6) is 2.88. The van der Waals surface area contributed by atoms with Crippen LogP contribution in [-0.2, 0) is 11.3 Å². The average Bonchev–Trinajstić information content (AvgIpc) is 2.34. The largest absolute Gasteiger partial charge is 0.481 e. The van der Waals surface area contributed by atoms with Gasteiger partial charge in [0.05, 0.1) is 0 Å². The predicted molar refractivity (Wildman–Crippen MR) is 70.9 cm³/mol. The molecule has 0 heterocycles. The molecule has 4 heteroatoms. The number of benzene rings is 1. The summed E-state index contributed by atoms with van der Waals surface area (Å²) >= 11 is 0. The standard InChI is InChI=1S/C14H18N2O2/c1-3-8-18-13-7-5-4-6-12(13)10-16-11(2)9-14(15)17/h1,4-7,11,16H,8-10H2,2H3,(H2,15,17). The van der Waals surface area contributed by atoms with E-state index in [9.17, 15) is 4.79 Å². The van der Waals surface area contributed by atoms with Gasteiger partial charge in [-0.05, 0) is 13.0 Å². The maximum Gasteiger partial charge on any atom is 0.218 e. The van der Waals surface area contributed by atoms with Gasteiger partial charge in [-0.2, -0.15) is 0 Å². The first-order valence-electron chi connectivity index (χ1n) is 5.79. The van der Waals surface area contributed by atoms with Crippen molar-refractivity contribution in [1.82, 2.24) is 5.32 Å². The van der Waals surface area contributed by atoms with Crippen LogP contribution in [0.5, 0.6) is 5.75 Å². The predicted octanol–water partition coefficient (Wildman–Crippen LogP) is 1.05. The highest BCUT2D eigenvalue weighted by Gasteiger charge is 2.07. The normalized spacial score (nSPS) is 11.6. The zero-order valence-corrected chi connectivity index (χ0v) is 10.5. The molecule has 4 nitrogen and oxygen atoms in total. The van der Waals surface area contributed by atoms with E-state index in [0.717, 1.165) is 11.3 Å². The molecular weight excluding hydrogens is 228 g/mol. The van der Waals surface area contributed by atoms with Gasteiger partial charge in [0, 0.05) is 24.6 Å². The van der Waals surface area contributed by atoms with Crippen LogP contribution >= 0.6 is 0 Å². The van der Waals surface area contributed by atoms with Gasteiger partial charge in [0.2, 0.25) is 5.91 Å². The Morgan fingerprint density at radius 1 is 1.56 bits per heavy atom. The minimum Gasteiger partial charge on any atom is -0.481 e. The first kappa shape index (κ1) is 14.1. The molecule has 1 rings (SSSR count). The molecule has 96 valence electrons. The molecule has 0 aromatic heterocycles. The highest BCUT2D eigenvalue weighted by atomic mass is 16.5. The summed E-state index contributed by atoms with van der Waals surface area (Å²) in [5, 5.41) is 3.21. The first-order chi connectivity index (χ1) is 8.63. The second-order valence-corrected chi connectivity index (χ2v) is 4.05. The monoisotopic (exact) mass is 246 g/mol. The summed E-state index contributed by atoms with van der Waals surface area (Å²) < 4.78 is 5.43. The number of hydrogen-bond acceptors (Lipinski definition) is 3. The quantitative estimate of drug-likeness (QED) is 0.707. The van der Waals surface area contributed by atoms with Crippen LogP contribution in [0, 0.1) is 12.3 Å². The smallest absolute Gasteiger partial charge is 0.218 e. The van der Waals surface area contributed by atoms with E-state index in [1.165, 1.54) is 0 Å².